The molecule has 4 heteroatoms. The van der Waals surface area contributed by atoms with E-state index in [1.165, 1.54) is 12.8 Å². The Labute approximate surface area is 108 Å². The molecule has 1 aromatic heterocycles. The molecular formula is C14H19N3O. The van der Waals surface area contributed by atoms with E-state index in [0.717, 1.165) is 23.8 Å². The first kappa shape index (κ1) is 12.7. The number of anilines is 1. The van der Waals surface area contributed by atoms with Gasteiger partial charge in [-0.1, -0.05) is 5.92 Å². The first-order chi connectivity index (χ1) is 8.65. The molecule has 0 saturated heterocycles. The van der Waals surface area contributed by atoms with Crippen LogP contribution in [0.15, 0.2) is 0 Å². The van der Waals surface area contributed by atoms with Crippen molar-refractivity contribution in [2.75, 3.05) is 11.9 Å². The van der Waals surface area contributed by atoms with Gasteiger partial charge < -0.3 is 10.1 Å². The Morgan fingerprint density at radius 2 is 2.22 bits per heavy atom. The third-order valence-electron chi connectivity index (χ3n) is 2.93. The predicted molar refractivity (Wildman–Crippen MR) is 71.8 cm³/mol. The van der Waals surface area contributed by atoms with E-state index in [-0.39, 0.29) is 6.10 Å². The summed E-state index contributed by atoms with van der Waals surface area (Å²) in [4.78, 5) is 9.06. The van der Waals surface area contributed by atoms with Gasteiger partial charge in [-0.25, -0.2) is 4.98 Å². The second-order valence-electron chi connectivity index (χ2n) is 4.59. The maximum absolute atomic E-state index is 5.67. The fourth-order valence-electron chi connectivity index (χ4n) is 1.69. The number of nitrogens with zero attached hydrogens (tertiary/aromatic N) is 2. The van der Waals surface area contributed by atoms with Gasteiger partial charge in [-0.05, 0) is 33.6 Å². The minimum Gasteiger partial charge on any atom is -0.461 e. The first-order valence-electron chi connectivity index (χ1n) is 6.40. The van der Waals surface area contributed by atoms with Gasteiger partial charge in [0, 0.05) is 12.5 Å². The molecule has 4 nitrogen and oxygen atoms in total. The van der Waals surface area contributed by atoms with E-state index in [9.17, 15) is 0 Å². The third kappa shape index (κ3) is 2.73. The number of hydrogen-bond donors (Lipinski definition) is 1. The highest BCUT2D eigenvalue weighted by Gasteiger charge is 2.28. The molecule has 0 amide bonds. The van der Waals surface area contributed by atoms with Gasteiger partial charge in [-0.15, -0.1) is 6.42 Å². The van der Waals surface area contributed by atoms with Crippen LogP contribution in [0.5, 0.6) is 5.88 Å². The van der Waals surface area contributed by atoms with E-state index in [4.69, 9.17) is 11.2 Å². The SMILES string of the molecule is C#CC(C)Oc1nc(C2CC2)nc(NCC)c1C. The van der Waals surface area contributed by atoms with E-state index in [2.05, 4.69) is 21.2 Å². The fraction of sp³-hybridized carbons (Fsp3) is 0.571. The number of nitrogens with one attached hydrogen (secondary N) is 1. The minimum absolute atomic E-state index is 0.278. The number of ether oxygens (including phenoxy) is 1. The van der Waals surface area contributed by atoms with Gasteiger partial charge in [0.05, 0.1) is 5.56 Å². The summed E-state index contributed by atoms with van der Waals surface area (Å²) in [5.41, 5.74) is 0.920. The van der Waals surface area contributed by atoms with E-state index in [1.54, 1.807) is 0 Å². The van der Waals surface area contributed by atoms with Crippen molar-refractivity contribution in [2.45, 2.75) is 45.6 Å². The van der Waals surface area contributed by atoms with Crippen molar-refractivity contribution in [1.29, 1.82) is 0 Å². The van der Waals surface area contributed by atoms with Crippen LogP contribution < -0.4 is 10.1 Å². The van der Waals surface area contributed by atoms with Crippen LogP contribution in [0.2, 0.25) is 0 Å². The molecule has 1 N–H and O–H groups in total. The average Bonchev–Trinajstić information content (AvgIpc) is 3.18. The molecule has 1 fully saturated rings. The Hall–Kier alpha value is -1.76. The highest BCUT2D eigenvalue weighted by atomic mass is 16.5. The van der Waals surface area contributed by atoms with E-state index >= 15 is 0 Å². The van der Waals surface area contributed by atoms with Crippen molar-refractivity contribution < 1.29 is 4.74 Å². The van der Waals surface area contributed by atoms with E-state index in [0.29, 0.717) is 11.8 Å². The van der Waals surface area contributed by atoms with Crippen LogP contribution in [0, 0.1) is 19.3 Å². The lowest BCUT2D eigenvalue weighted by Gasteiger charge is -2.15. The molecule has 2 rings (SSSR count). The Bertz CT molecular complexity index is 475. The molecule has 1 heterocycles. The summed E-state index contributed by atoms with van der Waals surface area (Å²) in [6, 6.07) is 0. The summed E-state index contributed by atoms with van der Waals surface area (Å²) < 4.78 is 5.67. The third-order valence-corrected chi connectivity index (χ3v) is 2.93. The lowest BCUT2D eigenvalue weighted by Crippen LogP contribution is -2.14. The largest absolute Gasteiger partial charge is 0.461 e. The molecule has 1 unspecified atom stereocenters. The van der Waals surface area contributed by atoms with Crippen molar-refractivity contribution in [1.82, 2.24) is 9.97 Å². The van der Waals surface area contributed by atoms with Crippen LogP contribution >= 0.6 is 0 Å². The lowest BCUT2D eigenvalue weighted by atomic mass is 10.3. The summed E-state index contributed by atoms with van der Waals surface area (Å²) in [5, 5.41) is 3.25. The van der Waals surface area contributed by atoms with Gasteiger partial charge in [0.2, 0.25) is 5.88 Å². The van der Waals surface area contributed by atoms with Crippen molar-refractivity contribution in [2.24, 2.45) is 0 Å². The van der Waals surface area contributed by atoms with Crippen LogP contribution in [0.4, 0.5) is 5.82 Å². The molecule has 0 spiro atoms. The highest BCUT2D eigenvalue weighted by Crippen LogP contribution is 2.40. The summed E-state index contributed by atoms with van der Waals surface area (Å²) >= 11 is 0. The van der Waals surface area contributed by atoms with Crippen LogP contribution in [0.25, 0.3) is 0 Å². The van der Waals surface area contributed by atoms with Crippen LogP contribution in [0.1, 0.15) is 44.0 Å². The van der Waals surface area contributed by atoms with Gasteiger partial charge in [-0.3, -0.25) is 0 Å². The zero-order chi connectivity index (χ0) is 13.1. The number of hydrogen-bond acceptors (Lipinski definition) is 4. The monoisotopic (exact) mass is 245 g/mol. The van der Waals surface area contributed by atoms with Crippen molar-refractivity contribution >= 4 is 5.82 Å². The van der Waals surface area contributed by atoms with E-state index < -0.39 is 0 Å². The molecule has 0 aliphatic heterocycles. The molecular weight excluding hydrogens is 226 g/mol. The Balaban J connectivity index is 2.33. The van der Waals surface area contributed by atoms with Gasteiger partial charge in [0.25, 0.3) is 0 Å². The van der Waals surface area contributed by atoms with Crippen LogP contribution in [-0.2, 0) is 0 Å². The summed E-state index contributed by atoms with van der Waals surface area (Å²) in [7, 11) is 0. The Kier molecular flexibility index (Phi) is 3.71. The fourth-order valence-corrected chi connectivity index (χ4v) is 1.69. The van der Waals surface area contributed by atoms with Crippen LogP contribution in [0.3, 0.4) is 0 Å². The second-order valence-corrected chi connectivity index (χ2v) is 4.59. The molecule has 0 bridgehead atoms. The first-order valence-corrected chi connectivity index (χ1v) is 6.40. The molecule has 0 aromatic carbocycles. The average molecular weight is 245 g/mol. The van der Waals surface area contributed by atoms with Crippen molar-refractivity contribution in [3.8, 4) is 18.2 Å². The topological polar surface area (TPSA) is 47.0 Å². The summed E-state index contributed by atoms with van der Waals surface area (Å²) in [5.74, 6) is 5.38. The smallest absolute Gasteiger partial charge is 0.223 e. The zero-order valence-electron chi connectivity index (χ0n) is 11.2. The molecule has 1 saturated carbocycles. The van der Waals surface area contributed by atoms with Gasteiger partial charge in [-0.2, -0.15) is 4.98 Å². The maximum Gasteiger partial charge on any atom is 0.223 e. The Morgan fingerprint density at radius 3 is 2.78 bits per heavy atom. The molecule has 1 aliphatic carbocycles. The molecule has 0 radical (unpaired) electrons. The Morgan fingerprint density at radius 1 is 1.50 bits per heavy atom. The van der Waals surface area contributed by atoms with E-state index in [1.807, 2.05) is 20.8 Å². The van der Waals surface area contributed by atoms with Gasteiger partial charge in [0.15, 0.2) is 6.10 Å². The summed E-state index contributed by atoms with van der Waals surface area (Å²) in [6.07, 6.45) is 7.40. The molecule has 18 heavy (non-hydrogen) atoms. The molecule has 1 atom stereocenters. The lowest BCUT2D eigenvalue weighted by molar-refractivity contribution is 0.264. The predicted octanol–water partition coefficient (Wildman–Crippen LogP) is 2.49. The molecule has 96 valence electrons. The molecule has 1 aromatic rings. The maximum atomic E-state index is 5.67. The van der Waals surface area contributed by atoms with Crippen molar-refractivity contribution in [3.05, 3.63) is 11.4 Å². The number of terminal acetylenes is 1. The zero-order valence-corrected chi connectivity index (χ0v) is 11.2. The van der Waals surface area contributed by atoms with Gasteiger partial charge >= 0.3 is 0 Å². The normalized spacial score (nSPS) is 15.9. The highest BCUT2D eigenvalue weighted by molar-refractivity contribution is 5.49. The van der Waals surface area contributed by atoms with Crippen molar-refractivity contribution in [3.63, 3.8) is 0 Å². The quantitative estimate of drug-likeness (QED) is 0.810. The number of rotatable bonds is 5. The molecule has 1 aliphatic rings. The number of aromatic nitrogens is 2. The van der Waals surface area contributed by atoms with Crippen LogP contribution in [-0.4, -0.2) is 22.6 Å². The minimum atomic E-state index is -0.278. The second kappa shape index (κ2) is 5.26. The van der Waals surface area contributed by atoms with Gasteiger partial charge in [0.1, 0.15) is 11.6 Å². The standard InChI is InChI=1S/C14H19N3O/c1-5-9(3)18-14-10(4)12(15-6-2)16-13(17-14)11-7-8-11/h1,9,11H,6-8H2,2-4H3,(H,15,16,17). The summed E-state index contributed by atoms with van der Waals surface area (Å²) in [6.45, 7) is 6.66.